The van der Waals surface area contributed by atoms with Crippen molar-refractivity contribution in [1.29, 1.82) is 5.26 Å². The van der Waals surface area contributed by atoms with E-state index in [0.29, 0.717) is 0 Å². The van der Waals surface area contributed by atoms with Crippen molar-refractivity contribution in [2.45, 2.75) is 12.8 Å². The number of rotatable bonds is 4. The molecule has 0 bridgehead atoms. The average Bonchev–Trinajstić information content (AvgIpc) is 2.99. The topological polar surface area (TPSA) is 85.3 Å². The highest BCUT2D eigenvalue weighted by atomic mass is 35.5. The van der Waals surface area contributed by atoms with Crippen molar-refractivity contribution in [1.82, 2.24) is 0 Å². The lowest BCUT2D eigenvalue weighted by molar-refractivity contribution is -0.139. The molecule has 0 spiro atoms. The van der Waals surface area contributed by atoms with Gasteiger partial charge in [-0.25, -0.2) is 4.79 Å². The Bertz CT molecular complexity index is 644. The first-order valence-electron chi connectivity index (χ1n) is 6.19. The molecule has 5 nitrogen and oxygen atoms in total. The van der Waals surface area contributed by atoms with E-state index in [1.165, 1.54) is 11.3 Å². The molecule has 0 aliphatic carbocycles. The molecule has 1 aliphatic heterocycles. The Balaban J connectivity index is 2.57. The fourth-order valence-corrected chi connectivity index (χ4v) is 3.00. The molecular weight excluding hydrogens is 312 g/mol. The van der Waals surface area contributed by atoms with Crippen LogP contribution in [0.2, 0.25) is 0 Å². The van der Waals surface area contributed by atoms with Gasteiger partial charge >= 0.3 is 5.97 Å². The minimum Gasteiger partial charge on any atom is -0.462 e. The number of ether oxygens (including phenoxy) is 2. The molecule has 2 rings (SSSR count). The van der Waals surface area contributed by atoms with E-state index in [0.717, 1.165) is 5.56 Å². The average molecular weight is 325 g/mol. The van der Waals surface area contributed by atoms with Crippen LogP contribution in [0.3, 0.4) is 0 Å². The molecule has 0 amide bonds. The van der Waals surface area contributed by atoms with Crippen LogP contribution < -0.4 is 5.73 Å². The van der Waals surface area contributed by atoms with Crippen molar-refractivity contribution in [2.75, 3.05) is 12.5 Å². The van der Waals surface area contributed by atoms with Crippen molar-refractivity contribution >= 4 is 28.9 Å². The smallest absolute Gasteiger partial charge is 0.340 e. The molecule has 7 heteroatoms. The highest BCUT2D eigenvalue weighted by molar-refractivity contribution is 7.08. The van der Waals surface area contributed by atoms with E-state index < -0.39 is 11.9 Å². The van der Waals surface area contributed by atoms with Gasteiger partial charge in [0.1, 0.15) is 11.3 Å². The third-order valence-corrected chi connectivity index (χ3v) is 3.93. The standard InChI is InChI=1S/C14H13ClN2O3S/c1-2-19-14(18)12-11(8-3-4-21-7-8)9(6-16)10(5-15)20-13(12)17/h3-4,7,11H,2,5,17H2,1H3/t11-/m1/s1. The number of hydrogen-bond acceptors (Lipinski definition) is 6. The first-order chi connectivity index (χ1) is 10.1. The van der Waals surface area contributed by atoms with Crippen molar-refractivity contribution in [3.8, 4) is 6.07 Å². The van der Waals surface area contributed by atoms with Crippen LogP contribution in [0.4, 0.5) is 0 Å². The van der Waals surface area contributed by atoms with E-state index in [-0.39, 0.29) is 35.3 Å². The maximum atomic E-state index is 12.2. The molecule has 110 valence electrons. The Morgan fingerprint density at radius 2 is 2.43 bits per heavy atom. The van der Waals surface area contributed by atoms with Crippen LogP contribution in [-0.2, 0) is 14.3 Å². The van der Waals surface area contributed by atoms with E-state index in [4.69, 9.17) is 26.8 Å². The Hall–Kier alpha value is -1.97. The molecule has 1 aliphatic rings. The van der Waals surface area contributed by atoms with E-state index in [1.54, 1.807) is 6.92 Å². The maximum absolute atomic E-state index is 12.2. The van der Waals surface area contributed by atoms with Crippen molar-refractivity contribution in [2.24, 2.45) is 5.73 Å². The number of hydrogen-bond donors (Lipinski definition) is 1. The molecule has 21 heavy (non-hydrogen) atoms. The van der Waals surface area contributed by atoms with Gasteiger partial charge in [0.15, 0.2) is 0 Å². The Labute approximate surface area is 131 Å². The monoisotopic (exact) mass is 324 g/mol. The number of esters is 1. The molecule has 2 heterocycles. The van der Waals surface area contributed by atoms with Gasteiger partial charge in [0.25, 0.3) is 0 Å². The molecule has 0 saturated heterocycles. The number of carbonyl (C=O) groups is 1. The van der Waals surface area contributed by atoms with Gasteiger partial charge in [-0.15, -0.1) is 11.6 Å². The minimum absolute atomic E-state index is 0.000333. The summed E-state index contributed by atoms with van der Waals surface area (Å²) in [5.74, 6) is -1.00. The number of halogens is 1. The van der Waals surface area contributed by atoms with E-state index in [1.807, 2.05) is 16.8 Å². The molecule has 0 aromatic carbocycles. The highest BCUT2D eigenvalue weighted by Crippen LogP contribution is 2.40. The van der Waals surface area contributed by atoms with Crippen LogP contribution in [0, 0.1) is 11.3 Å². The van der Waals surface area contributed by atoms with Gasteiger partial charge in [-0.05, 0) is 29.3 Å². The molecular formula is C14H13ClN2O3S. The van der Waals surface area contributed by atoms with Gasteiger partial charge < -0.3 is 15.2 Å². The molecule has 0 saturated carbocycles. The quantitative estimate of drug-likeness (QED) is 0.679. The summed E-state index contributed by atoms with van der Waals surface area (Å²) in [7, 11) is 0. The summed E-state index contributed by atoms with van der Waals surface area (Å²) in [4.78, 5) is 12.2. The number of alkyl halides is 1. The molecule has 1 aromatic rings. The second-order valence-electron chi connectivity index (χ2n) is 4.17. The molecule has 0 radical (unpaired) electrons. The Morgan fingerprint density at radius 3 is 2.95 bits per heavy atom. The van der Waals surface area contributed by atoms with Crippen LogP contribution in [0.25, 0.3) is 0 Å². The van der Waals surface area contributed by atoms with Gasteiger partial charge in [-0.3, -0.25) is 0 Å². The number of nitrogens with two attached hydrogens (primary N) is 1. The normalized spacial score (nSPS) is 18.2. The highest BCUT2D eigenvalue weighted by Gasteiger charge is 2.37. The summed E-state index contributed by atoms with van der Waals surface area (Å²) in [6.07, 6.45) is 0. The summed E-state index contributed by atoms with van der Waals surface area (Å²) in [5.41, 5.74) is 7.05. The number of carbonyl (C=O) groups excluding carboxylic acids is 1. The predicted molar refractivity (Wildman–Crippen MR) is 79.4 cm³/mol. The van der Waals surface area contributed by atoms with Crippen molar-refractivity contribution in [3.05, 3.63) is 45.2 Å². The van der Waals surface area contributed by atoms with E-state index >= 15 is 0 Å². The van der Waals surface area contributed by atoms with Gasteiger partial charge in [0.2, 0.25) is 5.88 Å². The minimum atomic E-state index is -0.609. The van der Waals surface area contributed by atoms with Crippen LogP contribution in [0.5, 0.6) is 0 Å². The van der Waals surface area contributed by atoms with Crippen LogP contribution in [0.1, 0.15) is 18.4 Å². The SMILES string of the molecule is CCOC(=O)C1=C(N)OC(CCl)=C(C#N)[C@H]1c1ccsc1. The largest absolute Gasteiger partial charge is 0.462 e. The second kappa shape index (κ2) is 6.66. The van der Waals surface area contributed by atoms with Crippen molar-refractivity contribution < 1.29 is 14.3 Å². The van der Waals surface area contributed by atoms with E-state index in [2.05, 4.69) is 6.07 Å². The third kappa shape index (κ3) is 2.89. The molecule has 1 atom stereocenters. The number of thiophene rings is 1. The van der Waals surface area contributed by atoms with Crippen LogP contribution in [0.15, 0.2) is 39.6 Å². The van der Waals surface area contributed by atoms with Gasteiger partial charge in [-0.2, -0.15) is 16.6 Å². The summed E-state index contributed by atoms with van der Waals surface area (Å²) in [6.45, 7) is 1.91. The molecule has 0 unspecified atom stereocenters. The first kappa shape index (κ1) is 15.4. The number of allylic oxidation sites excluding steroid dienone is 2. The van der Waals surface area contributed by atoms with Gasteiger partial charge in [-0.1, -0.05) is 0 Å². The lowest BCUT2D eigenvalue weighted by atomic mass is 9.84. The zero-order valence-corrected chi connectivity index (χ0v) is 12.8. The second-order valence-corrected chi connectivity index (χ2v) is 5.22. The summed E-state index contributed by atoms with van der Waals surface area (Å²) >= 11 is 7.27. The summed E-state index contributed by atoms with van der Waals surface area (Å²) in [5, 5.41) is 13.1. The Morgan fingerprint density at radius 1 is 1.67 bits per heavy atom. The lowest BCUT2D eigenvalue weighted by Gasteiger charge is -2.26. The molecule has 2 N–H and O–H groups in total. The zero-order chi connectivity index (χ0) is 15.4. The molecule has 0 fully saturated rings. The fourth-order valence-electron chi connectivity index (χ4n) is 2.12. The number of nitriles is 1. The van der Waals surface area contributed by atoms with Gasteiger partial charge in [0.05, 0.1) is 30.0 Å². The zero-order valence-electron chi connectivity index (χ0n) is 11.3. The van der Waals surface area contributed by atoms with E-state index in [9.17, 15) is 10.1 Å². The fraction of sp³-hybridized carbons (Fsp3) is 0.286. The first-order valence-corrected chi connectivity index (χ1v) is 7.67. The third-order valence-electron chi connectivity index (χ3n) is 2.99. The summed E-state index contributed by atoms with van der Waals surface area (Å²) in [6, 6.07) is 3.90. The number of nitrogens with zero attached hydrogens (tertiary/aromatic N) is 1. The van der Waals surface area contributed by atoms with Crippen LogP contribution in [-0.4, -0.2) is 18.5 Å². The maximum Gasteiger partial charge on any atom is 0.340 e. The Kier molecular flexibility index (Phi) is 4.89. The molecule has 1 aromatic heterocycles. The van der Waals surface area contributed by atoms with Crippen LogP contribution >= 0.6 is 22.9 Å². The lowest BCUT2D eigenvalue weighted by Crippen LogP contribution is -2.27. The summed E-state index contributed by atoms with van der Waals surface area (Å²) < 4.78 is 10.4. The predicted octanol–water partition coefficient (Wildman–Crippen LogP) is 2.61. The van der Waals surface area contributed by atoms with Crippen molar-refractivity contribution in [3.63, 3.8) is 0 Å². The van der Waals surface area contributed by atoms with Gasteiger partial charge in [0, 0.05) is 0 Å².